The fraction of sp³-hybridized carbons (Fsp3) is 0.895. The second kappa shape index (κ2) is 6.07. The molecule has 0 aliphatic heterocycles. The molecule has 2 aliphatic carbocycles. The fourth-order valence-electron chi connectivity index (χ4n) is 4.28. The van der Waals surface area contributed by atoms with Crippen molar-refractivity contribution in [3.05, 3.63) is 11.6 Å². The first-order valence-corrected chi connectivity index (χ1v) is 11.9. The van der Waals surface area contributed by atoms with Gasteiger partial charge in [0.1, 0.15) is 0 Å². The Morgan fingerprint density at radius 1 is 1.41 bits per heavy atom. The van der Waals surface area contributed by atoms with Crippen molar-refractivity contribution < 1.29 is 9.53 Å². The van der Waals surface area contributed by atoms with Gasteiger partial charge in [-0.3, -0.25) is 0 Å². The first kappa shape index (κ1) is 18.2. The lowest BCUT2D eigenvalue weighted by Crippen LogP contribution is -2.49. The molecule has 0 amide bonds. The maximum Gasteiger partial charge on any atom is 0.192 e. The quantitative estimate of drug-likeness (QED) is 0.573. The largest absolute Gasteiger partial charge is 0.414 e. The molecule has 22 heavy (non-hydrogen) atoms. The molecular formula is C19H36O2Si. The van der Waals surface area contributed by atoms with E-state index in [4.69, 9.17) is 4.43 Å². The van der Waals surface area contributed by atoms with E-state index in [1.165, 1.54) is 24.8 Å². The molecule has 2 aliphatic rings. The molecule has 0 aromatic rings. The highest BCUT2D eigenvalue weighted by molar-refractivity contribution is 6.74. The summed E-state index contributed by atoms with van der Waals surface area (Å²) in [4.78, 5) is 0. The highest BCUT2D eigenvalue weighted by Gasteiger charge is 2.51. The zero-order valence-electron chi connectivity index (χ0n) is 15.7. The van der Waals surface area contributed by atoms with Crippen LogP contribution >= 0.6 is 0 Å². The molecule has 0 aromatic carbocycles. The summed E-state index contributed by atoms with van der Waals surface area (Å²) in [5.41, 5.74) is 1.73. The van der Waals surface area contributed by atoms with Gasteiger partial charge in [0, 0.05) is 18.6 Å². The zero-order chi connectivity index (χ0) is 16.8. The second-order valence-electron chi connectivity index (χ2n) is 9.31. The molecule has 0 heterocycles. The fourth-order valence-corrected chi connectivity index (χ4v) is 5.68. The Hall–Kier alpha value is -0.123. The van der Waals surface area contributed by atoms with Crippen molar-refractivity contribution >= 4 is 8.32 Å². The molecule has 2 rings (SSSR count). The van der Waals surface area contributed by atoms with E-state index in [0.717, 1.165) is 6.42 Å². The Morgan fingerprint density at radius 2 is 2.05 bits per heavy atom. The molecule has 4 atom stereocenters. The molecule has 1 fully saturated rings. The monoisotopic (exact) mass is 324 g/mol. The first-order chi connectivity index (χ1) is 10.0. The number of hydrogen-bond donors (Lipinski definition) is 1. The third kappa shape index (κ3) is 3.09. The van der Waals surface area contributed by atoms with Crippen molar-refractivity contribution in [3.63, 3.8) is 0 Å². The van der Waals surface area contributed by atoms with Crippen LogP contribution in [0.2, 0.25) is 18.1 Å². The molecule has 0 unspecified atom stereocenters. The molecular weight excluding hydrogens is 288 g/mol. The SMILES string of the molecule is C[C@@H](CO)C1=CC[C@H]2[C@@H](O[Si](C)(C)C(C)(C)C)CCC[C@]12C. The minimum atomic E-state index is -1.72. The van der Waals surface area contributed by atoms with Gasteiger partial charge < -0.3 is 9.53 Å². The maximum absolute atomic E-state index is 9.59. The normalized spacial score (nSPS) is 34.3. The van der Waals surface area contributed by atoms with E-state index in [1.807, 2.05) is 0 Å². The van der Waals surface area contributed by atoms with Crippen LogP contribution in [-0.4, -0.2) is 26.1 Å². The van der Waals surface area contributed by atoms with Gasteiger partial charge in [-0.2, -0.15) is 0 Å². The van der Waals surface area contributed by atoms with E-state index in [9.17, 15) is 5.11 Å². The number of fused-ring (bicyclic) bond motifs is 1. The van der Waals surface area contributed by atoms with Crippen LogP contribution in [-0.2, 0) is 4.43 Å². The summed E-state index contributed by atoms with van der Waals surface area (Å²) in [6, 6.07) is 0. The minimum Gasteiger partial charge on any atom is -0.414 e. The van der Waals surface area contributed by atoms with Crippen LogP contribution in [0, 0.1) is 17.3 Å². The lowest BCUT2D eigenvalue weighted by Gasteiger charge is -2.49. The number of rotatable bonds is 4. The lowest BCUT2D eigenvalue weighted by atomic mass is 9.63. The zero-order valence-corrected chi connectivity index (χ0v) is 16.7. The molecule has 0 radical (unpaired) electrons. The third-order valence-electron chi connectivity index (χ3n) is 6.76. The Kier molecular flexibility index (Phi) is 5.02. The smallest absolute Gasteiger partial charge is 0.192 e. The van der Waals surface area contributed by atoms with Crippen molar-refractivity contribution in [2.24, 2.45) is 17.3 Å². The van der Waals surface area contributed by atoms with Crippen LogP contribution in [0.5, 0.6) is 0 Å². The van der Waals surface area contributed by atoms with E-state index in [1.54, 1.807) is 0 Å². The standard InChI is InChI=1S/C19H36O2Si/c1-14(13-20)15-10-11-16-17(9-8-12-19(15,16)5)21-22(6,7)18(2,3)4/h10,14,16-17,20H,8-9,11-13H2,1-7H3/t14-,16-,17-,19+/m0/s1. The Bertz CT molecular complexity index is 435. The third-order valence-corrected chi connectivity index (χ3v) is 11.3. The van der Waals surface area contributed by atoms with Gasteiger partial charge in [-0.25, -0.2) is 0 Å². The van der Waals surface area contributed by atoms with Crippen molar-refractivity contribution in [3.8, 4) is 0 Å². The Balaban J connectivity index is 2.18. The number of allylic oxidation sites excluding steroid dienone is 1. The van der Waals surface area contributed by atoms with Crippen LogP contribution in [0.25, 0.3) is 0 Å². The van der Waals surface area contributed by atoms with E-state index >= 15 is 0 Å². The average molecular weight is 325 g/mol. The molecule has 3 heteroatoms. The predicted octanol–water partition coefficient (Wildman–Crippen LogP) is 5.14. The topological polar surface area (TPSA) is 29.5 Å². The number of aliphatic hydroxyl groups excluding tert-OH is 1. The van der Waals surface area contributed by atoms with Crippen LogP contribution in [0.15, 0.2) is 11.6 Å². The van der Waals surface area contributed by atoms with E-state index in [2.05, 4.69) is 53.8 Å². The highest BCUT2D eigenvalue weighted by Crippen LogP contribution is 2.56. The average Bonchev–Trinajstić information content (AvgIpc) is 2.74. The molecule has 128 valence electrons. The van der Waals surface area contributed by atoms with Crippen LogP contribution in [0.1, 0.15) is 60.3 Å². The van der Waals surface area contributed by atoms with Crippen molar-refractivity contribution in [1.82, 2.24) is 0 Å². The van der Waals surface area contributed by atoms with Gasteiger partial charge >= 0.3 is 0 Å². The van der Waals surface area contributed by atoms with Crippen LogP contribution < -0.4 is 0 Å². The molecule has 1 saturated carbocycles. The van der Waals surface area contributed by atoms with Gasteiger partial charge in [0.15, 0.2) is 8.32 Å². The summed E-state index contributed by atoms with van der Waals surface area (Å²) < 4.78 is 6.83. The number of hydrogen-bond acceptors (Lipinski definition) is 2. The van der Waals surface area contributed by atoms with Gasteiger partial charge in [0.2, 0.25) is 0 Å². The van der Waals surface area contributed by atoms with Gasteiger partial charge in [0.05, 0.1) is 0 Å². The molecule has 0 saturated heterocycles. The molecule has 0 aromatic heterocycles. The Morgan fingerprint density at radius 3 is 2.59 bits per heavy atom. The predicted molar refractivity (Wildman–Crippen MR) is 96.5 cm³/mol. The lowest BCUT2D eigenvalue weighted by molar-refractivity contribution is 0.0146. The highest BCUT2D eigenvalue weighted by atomic mass is 28.4. The molecule has 1 N–H and O–H groups in total. The van der Waals surface area contributed by atoms with Gasteiger partial charge in [-0.1, -0.05) is 52.7 Å². The summed E-state index contributed by atoms with van der Waals surface area (Å²) in [6.07, 6.45) is 7.67. The van der Waals surface area contributed by atoms with E-state index < -0.39 is 8.32 Å². The molecule has 0 spiro atoms. The van der Waals surface area contributed by atoms with Crippen molar-refractivity contribution in [2.75, 3.05) is 6.61 Å². The molecule has 0 bridgehead atoms. The van der Waals surface area contributed by atoms with Crippen LogP contribution in [0.3, 0.4) is 0 Å². The maximum atomic E-state index is 9.59. The summed E-state index contributed by atoms with van der Waals surface area (Å²) >= 11 is 0. The van der Waals surface area contributed by atoms with Crippen molar-refractivity contribution in [1.29, 1.82) is 0 Å². The molecule has 2 nitrogen and oxygen atoms in total. The van der Waals surface area contributed by atoms with Crippen LogP contribution in [0.4, 0.5) is 0 Å². The van der Waals surface area contributed by atoms with E-state index in [0.29, 0.717) is 17.9 Å². The first-order valence-electron chi connectivity index (χ1n) is 9.02. The summed E-state index contributed by atoms with van der Waals surface area (Å²) in [5.74, 6) is 0.904. The van der Waals surface area contributed by atoms with Gasteiger partial charge in [-0.15, -0.1) is 0 Å². The second-order valence-corrected chi connectivity index (χ2v) is 14.1. The summed E-state index contributed by atoms with van der Waals surface area (Å²) in [5, 5.41) is 9.87. The number of aliphatic hydroxyl groups is 1. The Labute approximate surface area is 138 Å². The van der Waals surface area contributed by atoms with Crippen molar-refractivity contribution in [2.45, 2.75) is 84.5 Å². The van der Waals surface area contributed by atoms with Gasteiger partial charge in [0.25, 0.3) is 0 Å². The van der Waals surface area contributed by atoms with Gasteiger partial charge in [-0.05, 0) is 48.7 Å². The minimum absolute atomic E-state index is 0.243. The van der Waals surface area contributed by atoms with E-state index in [-0.39, 0.29) is 17.1 Å². The summed E-state index contributed by atoms with van der Waals surface area (Å²) in [7, 11) is -1.72. The summed E-state index contributed by atoms with van der Waals surface area (Å²) in [6.45, 7) is 16.6.